The van der Waals surface area contributed by atoms with Crippen LogP contribution in [0.4, 0.5) is 0 Å². The first-order valence-corrected chi connectivity index (χ1v) is 9.18. The summed E-state index contributed by atoms with van der Waals surface area (Å²) in [5.74, 6) is -0.134. The molecule has 4 nitrogen and oxygen atoms in total. The van der Waals surface area contributed by atoms with Crippen molar-refractivity contribution in [3.05, 3.63) is 35.9 Å². The Morgan fingerprint density at radius 1 is 1.33 bits per heavy atom. The van der Waals surface area contributed by atoms with Crippen LogP contribution in [-0.4, -0.2) is 37.6 Å². The van der Waals surface area contributed by atoms with E-state index in [1.54, 1.807) is 6.92 Å². The Morgan fingerprint density at radius 2 is 1.95 bits per heavy atom. The van der Waals surface area contributed by atoms with Crippen LogP contribution < -0.4 is 5.73 Å². The lowest BCUT2D eigenvalue weighted by Gasteiger charge is -2.16. The summed E-state index contributed by atoms with van der Waals surface area (Å²) in [7, 11) is -3.25. The van der Waals surface area contributed by atoms with Gasteiger partial charge in [-0.3, -0.25) is 0 Å². The number of thiocarbonyl (C=S) groups is 1. The predicted octanol–water partition coefficient (Wildman–Crippen LogP) is 1.90. The van der Waals surface area contributed by atoms with Crippen LogP contribution >= 0.6 is 12.2 Å². The smallest absolute Gasteiger partial charge is 0.154 e. The van der Waals surface area contributed by atoms with Crippen LogP contribution in [0.15, 0.2) is 30.3 Å². The Balaban J connectivity index is 2.47. The van der Waals surface area contributed by atoms with Crippen LogP contribution in [0.25, 0.3) is 0 Å². The standard InChI is InChI=1S/C15H21NO3S2/c1-3-19-10-15(14(16)20)12(11-8-6-5-7-9-11)13(15)21(17,18)4-2/h5-9,12-13H,3-4,10H2,1-2H3,(H2,16,20)/t12-,13-,15+/m0/s1. The highest BCUT2D eigenvalue weighted by molar-refractivity contribution is 7.92. The van der Waals surface area contributed by atoms with Crippen molar-refractivity contribution in [2.45, 2.75) is 25.0 Å². The van der Waals surface area contributed by atoms with Gasteiger partial charge in [-0.05, 0) is 12.5 Å². The highest BCUT2D eigenvalue weighted by atomic mass is 32.2. The molecule has 1 saturated carbocycles. The Hall–Kier alpha value is -0.980. The number of hydrogen-bond donors (Lipinski definition) is 1. The molecular formula is C15H21NO3S2. The minimum Gasteiger partial charge on any atom is -0.393 e. The Labute approximate surface area is 131 Å². The van der Waals surface area contributed by atoms with Crippen molar-refractivity contribution < 1.29 is 13.2 Å². The minimum atomic E-state index is -3.25. The fourth-order valence-electron chi connectivity index (χ4n) is 3.05. The van der Waals surface area contributed by atoms with Gasteiger partial charge in [-0.1, -0.05) is 49.5 Å². The molecule has 1 aliphatic rings. The van der Waals surface area contributed by atoms with Crippen molar-refractivity contribution in [3.63, 3.8) is 0 Å². The van der Waals surface area contributed by atoms with E-state index in [9.17, 15) is 8.42 Å². The number of hydrogen-bond acceptors (Lipinski definition) is 4. The van der Waals surface area contributed by atoms with Gasteiger partial charge in [-0.2, -0.15) is 0 Å². The molecule has 0 amide bonds. The Morgan fingerprint density at radius 3 is 2.43 bits per heavy atom. The summed E-state index contributed by atoms with van der Waals surface area (Å²) >= 11 is 5.21. The molecule has 0 radical (unpaired) electrons. The maximum Gasteiger partial charge on any atom is 0.154 e. The summed E-state index contributed by atoms with van der Waals surface area (Å²) in [6.07, 6.45) is 0. The van der Waals surface area contributed by atoms with Gasteiger partial charge in [0.1, 0.15) is 0 Å². The van der Waals surface area contributed by atoms with Crippen LogP contribution in [-0.2, 0) is 14.6 Å². The van der Waals surface area contributed by atoms with E-state index in [1.165, 1.54) is 0 Å². The molecule has 1 aromatic carbocycles. The fraction of sp³-hybridized carbons (Fsp3) is 0.533. The van der Waals surface area contributed by atoms with E-state index in [4.69, 9.17) is 22.7 Å². The lowest BCUT2D eigenvalue weighted by Crippen LogP contribution is -2.33. The van der Waals surface area contributed by atoms with Crippen LogP contribution in [0.1, 0.15) is 25.3 Å². The van der Waals surface area contributed by atoms with Crippen LogP contribution in [0.2, 0.25) is 0 Å². The number of rotatable bonds is 7. The van der Waals surface area contributed by atoms with Crippen molar-refractivity contribution in [3.8, 4) is 0 Å². The van der Waals surface area contributed by atoms with Crippen LogP contribution in [0.3, 0.4) is 0 Å². The van der Waals surface area contributed by atoms with Crippen LogP contribution in [0, 0.1) is 5.41 Å². The van der Waals surface area contributed by atoms with Crippen molar-refractivity contribution in [2.75, 3.05) is 19.0 Å². The molecule has 2 rings (SSSR count). The molecule has 0 bridgehead atoms. The number of benzene rings is 1. The second-order valence-electron chi connectivity index (χ2n) is 5.30. The number of ether oxygens (including phenoxy) is 1. The Kier molecular flexibility index (Phi) is 4.70. The molecule has 1 aromatic rings. The summed E-state index contributed by atoms with van der Waals surface area (Å²) in [6, 6.07) is 9.55. The lowest BCUT2D eigenvalue weighted by molar-refractivity contribution is 0.121. The number of sulfone groups is 1. The molecule has 21 heavy (non-hydrogen) atoms. The molecule has 0 aromatic heterocycles. The third-order valence-corrected chi connectivity index (χ3v) is 6.86. The second kappa shape index (κ2) is 6.02. The largest absolute Gasteiger partial charge is 0.393 e. The monoisotopic (exact) mass is 327 g/mol. The maximum absolute atomic E-state index is 12.5. The average molecular weight is 327 g/mol. The second-order valence-corrected chi connectivity index (χ2v) is 8.15. The normalized spacial score (nSPS) is 28.3. The summed E-state index contributed by atoms with van der Waals surface area (Å²) in [5.41, 5.74) is 6.10. The molecule has 0 saturated heterocycles. The lowest BCUT2D eigenvalue weighted by atomic mass is 10.00. The van der Waals surface area contributed by atoms with E-state index in [1.807, 2.05) is 37.3 Å². The SMILES string of the molecule is CCOC[C@@]1(C(N)=S)[C@@H](c2ccccc2)[C@@H]1S(=O)(=O)CC. The van der Waals surface area contributed by atoms with Gasteiger partial charge in [0.15, 0.2) is 9.84 Å². The van der Waals surface area contributed by atoms with Crippen molar-refractivity contribution in [1.82, 2.24) is 0 Å². The zero-order valence-corrected chi connectivity index (χ0v) is 13.9. The van der Waals surface area contributed by atoms with E-state index >= 15 is 0 Å². The molecule has 3 atom stereocenters. The van der Waals surface area contributed by atoms with Gasteiger partial charge in [0.25, 0.3) is 0 Å². The molecule has 0 spiro atoms. The van der Waals surface area contributed by atoms with E-state index in [0.717, 1.165) is 5.56 Å². The van der Waals surface area contributed by atoms with E-state index in [-0.39, 0.29) is 23.3 Å². The van der Waals surface area contributed by atoms with Gasteiger partial charge in [-0.25, -0.2) is 8.42 Å². The first kappa shape index (κ1) is 16.4. The zero-order valence-electron chi connectivity index (χ0n) is 12.3. The zero-order chi connectivity index (χ0) is 15.7. The van der Waals surface area contributed by atoms with E-state index < -0.39 is 20.5 Å². The maximum atomic E-state index is 12.5. The molecule has 2 N–H and O–H groups in total. The topological polar surface area (TPSA) is 69.4 Å². The molecule has 0 aliphatic heterocycles. The van der Waals surface area contributed by atoms with Gasteiger partial charge in [0.05, 0.1) is 22.3 Å². The highest BCUT2D eigenvalue weighted by Crippen LogP contribution is 2.63. The Bertz CT molecular complexity index is 615. The van der Waals surface area contributed by atoms with Gasteiger partial charge in [0, 0.05) is 18.3 Å². The summed E-state index contributed by atoms with van der Waals surface area (Å²) in [5, 5.41) is -0.582. The van der Waals surface area contributed by atoms with Gasteiger partial charge in [0.2, 0.25) is 0 Å². The van der Waals surface area contributed by atoms with Gasteiger partial charge in [-0.15, -0.1) is 0 Å². The van der Waals surface area contributed by atoms with Crippen LogP contribution in [0.5, 0.6) is 0 Å². The van der Waals surface area contributed by atoms with Crippen molar-refractivity contribution >= 4 is 27.0 Å². The molecular weight excluding hydrogens is 306 g/mol. The summed E-state index contributed by atoms with van der Waals surface area (Å²) < 4.78 is 30.4. The first-order valence-electron chi connectivity index (χ1n) is 7.06. The van der Waals surface area contributed by atoms with Crippen molar-refractivity contribution in [1.29, 1.82) is 0 Å². The third-order valence-electron chi connectivity index (χ3n) is 4.21. The molecule has 1 aliphatic carbocycles. The quantitative estimate of drug-likeness (QED) is 0.775. The predicted molar refractivity (Wildman–Crippen MR) is 88.1 cm³/mol. The van der Waals surface area contributed by atoms with Gasteiger partial charge < -0.3 is 10.5 Å². The van der Waals surface area contributed by atoms with Gasteiger partial charge >= 0.3 is 0 Å². The summed E-state index contributed by atoms with van der Waals surface area (Å²) in [4.78, 5) is 0.229. The van der Waals surface area contributed by atoms with E-state index in [2.05, 4.69) is 0 Å². The first-order chi connectivity index (χ1) is 9.91. The summed E-state index contributed by atoms with van der Waals surface area (Å²) in [6.45, 7) is 4.28. The molecule has 6 heteroatoms. The number of nitrogens with two attached hydrogens (primary N) is 1. The molecule has 1 fully saturated rings. The van der Waals surface area contributed by atoms with Crippen molar-refractivity contribution in [2.24, 2.45) is 11.1 Å². The molecule has 0 unspecified atom stereocenters. The highest BCUT2D eigenvalue weighted by Gasteiger charge is 2.72. The minimum absolute atomic E-state index is 0.0808. The molecule has 0 heterocycles. The average Bonchev–Trinajstić information content (AvgIpc) is 3.17. The van der Waals surface area contributed by atoms with E-state index in [0.29, 0.717) is 6.61 Å². The fourth-order valence-corrected chi connectivity index (χ4v) is 5.52. The third kappa shape index (κ3) is 2.72. The molecule has 116 valence electrons.